The topological polar surface area (TPSA) is 9.23 Å². The maximum absolute atomic E-state index is 5.90. The Morgan fingerprint density at radius 1 is 0.800 bits per heavy atom. The first-order valence-corrected chi connectivity index (χ1v) is 12.8. The molecule has 0 rings (SSSR count). The van der Waals surface area contributed by atoms with E-state index in [1.807, 2.05) is 7.11 Å². The van der Waals surface area contributed by atoms with Gasteiger partial charge in [-0.3, -0.25) is 0 Å². The fraction of sp³-hybridized carbons (Fsp3) is 0.538. The Hall–Kier alpha value is -0.0213. The van der Waals surface area contributed by atoms with E-state index >= 15 is 0 Å². The second kappa shape index (κ2) is 9.22. The van der Waals surface area contributed by atoms with Gasteiger partial charge in [0.1, 0.15) is 0 Å². The van der Waals surface area contributed by atoms with E-state index in [0.29, 0.717) is 0 Å². The van der Waals surface area contributed by atoms with Crippen LogP contribution < -0.4 is 0 Å². The molecule has 0 radical (unpaired) electrons. The molecule has 0 saturated carbocycles. The molecule has 0 atom stereocenters. The first-order chi connectivity index (χ1) is 7.24. The summed E-state index contributed by atoms with van der Waals surface area (Å²) in [6, 6.07) is 0. The van der Waals surface area contributed by atoms with Gasteiger partial charge >= 0.3 is 99.5 Å². The molecule has 0 N–H and O–H groups in total. The van der Waals surface area contributed by atoms with Gasteiger partial charge in [-0.05, 0) is 0 Å². The molecule has 0 aromatic heterocycles. The van der Waals surface area contributed by atoms with Crippen molar-refractivity contribution < 1.29 is 3.07 Å². The van der Waals surface area contributed by atoms with E-state index in [9.17, 15) is 0 Å². The zero-order chi connectivity index (χ0) is 11.6. The van der Waals surface area contributed by atoms with Crippen molar-refractivity contribution in [3.05, 3.63) is 36.5 Å². The van der Waals surface area contributed by atoms with Crippen LogP contribution in [-0.2, 0) is 3.07 Å². The van der Waals surface area contributed by atoms with Crippen molar-refractivity contribution in [2.75, 3.05) is 7.11 Å². The quantitative estimate of drug-likeness (QED) is 0.502. The van der Waals surface area contributed by atoms with Gasteiger partial charge < -0.3 is 0 Å². The Bertz CT molecular complexity index is 193. The van der Waals surface area contributed by atoms with Crippen LogP contribution in [0.5, 0.6) is 0 Å². The van der Waals surface area contributed by atoms with Crippen LogP contribution in [0, 0.1) is 0 Å². The van der Waals surface area contributed by atoms with Crippen molar-refractivity contribution in [3.8, 4) is 0 Å². The molecule has 0 saturated heterocycles. The van der Waals surface area contributed by atoms with Gasteiger partial charge in [-0.15, -0.1) is 0 Å². The zero-order valence-electron chi connectivity index (χ0n) is 10.5. The second-order valence-electron chi connectivity index (χ2n) is 3.71. The summed E-state index contributed by atoms with van der Waals surface area (Å²) in [6.45, 7) is 6.24. The summed E-state index contributed by atoms with van der Waals surface area (Å²) in [4.78, 5) is 0. The molecule has 1 nitrogen and oxygen atoms in total. The number of hydrogen-bond acceptors (Lipinski definition) is 1. The first kappa shape index (κ1) is 15.0. The van der Waals surface area contributed by atoms with Crippen molar-refractivity contribution in [1.29, 1.82) is 0 Å². The van der Waals surface area contributed by atoms with Gasteiger partial charge in [-0.1, -0.05) is 0 Å². The molecule has 0 aliphatic carbocycles. The first-order valence-electron chi connectivity index (χ1n) is 5.63. The molecule has 0 amide bonds. The molecule has 0 aromatic carbocycles. The van der Waals surface area contributed by atoms with Crippen LogP contribution in [0.3, 0.4) is 0 Å². The Kier molecular flexibility index (Phi) is 9.21. The maximum atomic E-state index is 5.90. The second-order valence-corrected chi connectivity index (χ2v) is 15.1. The van der Waals surface area contributed by atoms with Gasteiger partial charge in [0.15, 0.2) is 0 Å². The van der Waals surface area contributed by atoms with E-state index in [1.54, 1.807) is 0 Å². The Balaban J connectivity index is 4.57. The van der Waals surface area contributed by atoms with E-state index < -0.39 is 18.8 Å². The third-order valence-corrected chi connectivity index (χ3v) is 13.5. The zero-order valence-corrected chi connectivity index (χ0v) is 13.3. The van der Waals surface area contributed by atoms with Crippen LogP contribution in [0.2, 0.25) is 13.3 Å². The molecule has 86 valence electrons. The summed E-state index contributed by atoms with van der Waals surface area (Å²) in [5.41, 5.74) is 0. The molecular weight excluding hydrogens is 291 g/mol. The van der Waals surface area contributed by atoms with Crippen LogP contribution >= 0.6 is 0 Å². The molecule has 0 unspecified atom stereocenters. The molecule has 2 heteroatoms. The van der Waals surface area contributed by atoms with Crippen molar-refractivity contribution in [2.24, 2.45) is 0 Å². The predicted molar refractivity (Wildman–Crippen MR) is 71.6 cm³/mol. The van der Waals surface area contributed by atoms with Gasteiger partial charge in [-0.2, -0.15) is 0 Å². The summed E-state index contributed by atoms with van der Waals surface area (Å²) in [5.74, 6) is 0. The third kappa shape index (κ3) is 6.21. The molecule has 15 heavy (non-hydrogen) atoms. The molecule has 0 heterocycles. The summed E-state index contributed by atoms with van der Waals surface area (Å²) in [7, 11) is 1.90. The summed E-state index contributed by atoms with van der Waals surface area (Å²) < 4.78 is 9.43. The van der Waals surface area contributed by atoms with Crippen molar-refractivity contribution in [1.82, 2.24) is 0 Å². The Morgan fingerprint density at radius 2 is 1.13 bits per heavy atom. The van der Waals surface area contributed by atoms with E-state index in [2.05, 4.69) is 57.2 Å². The SMILES string of the molecule is CC=C[CH2][Sn]([CH2]C=CC)([CH2]C=CC)[O]C. The Morgan fingerprint density at radius 3 is 1.33 bits per heavy atom. The molecule has 0 aliphatic heterocycles. The molecular formula is C13H24OSn. The van der Waals surface area contributed by atoms with Crippen LogP contribution in [0.25, 0.3) is 0 Å². The summed E-state index contributed by atoms with van der Waals surface area (Å²) >= 11 is -2.38. The molecule has 0 aromatic rings. The van der Waals surface area contributed by atoms with Gasteiger partial charge in [0, 0.05) is 0 Å². The average Bonchev–Trinajstić information content (AvgIpc) is 2.29. The normalized spacial score (nSPS) is 16.8. The third-order valence-electron chi connectivity index (χ3n) is 2.61. The monoisotopic (exact) mass is 316 g/mol. The minimum absolute atomic E-state index is 1.18. The molecule has 0 spiro atoms. The van der Waals surface area contributed by atoms with Gasteiger partial charge in [0.25, 0.3) is 0 Å². The van der Waals surface area contributed by atoms with Gasteiger partial charge in [-0.25, -0.2) is 0 Å². The van der Waals surface area contributed by atoms with E-state index in [1.165, 1.54) is 13.3 Å². The number of rotatable bonds is 7. The molecule has 0 fully saturated rings. The van der Waals surface area contributed by atoms with E-state index in [4.69, 9.17) is 3.07 Å². The Labute approximate surface area is 99.3 Å². The average molecular weight is 315 g/mol. The summed E-state index contributed by atoms with van der Waals surface area (Å²) in [6.07, 6.45) is 13.2. The van der Waals surface area contributed by atoms with Crippen LogP contribution in [0.4, 0.5) is 0 Å². The fourth-order valence-electron chi connectivity index (χ4n) is 1.50. The van der Waals surface area contributed by atoms with Gasteiger partial charge in [0.05, 0.1) is 0 Å². The number of hydrogen-bond donors (Lipinski definition) is 0. The molecule has 0 bridgehead atoms. The van der Waals surface area contributed by atoms with Gasteiger partial charge in [0.2, 0.25) is 0 Å². The van der Waals surface area contributed by atoms with Crippen LogP contribution in [0.1, 0.15) is 20.8 Å². The standard InChI is InChI=1S/3C4H7.CH3O.Sn/c3*1-3-4-2;1-2;/h3*3-4H,1H2,2H3;1H3;/q;;;-1;+1. The minimum atomic E-state index is -2.38. The fourth-order valence-corrected chi connectivity index (χ4v) is 10.0. The summed E-state index contributed by atoms with van der Waals surface area (Å²) in [5, 5.41) is 0. The molecule has 0 aliphatic rings. The predicted octanol–water partition coefficient (Wildman–Crippen LogP) is 4.31. The van der Waals surface area contributed by atoms with Crippen molar-refractivity contribution in [2.45, 2.75) is 34.1 Å². The van der Waals surface area contributed by atoms with Crippen molar-refractivity contribution in [3.63, 3.8) is 0 Å². The van der Waals surface area contributed by atoms with Crippen LogP contribution in [0.15, 0.2) is 36.5 Å². The van der Waals surface area contributed by atoms with E-state index in [0.717, 1.165) is 0 Å². The van der Waals surface area contributed by atoms with E-state index in [-0.39, 0.29) is 0 Å². The number of allylic oxidation sites excluding steroid dienone is 6. The van der Waals surface area contributed by atoms with Crippen molar-refractivity contribution >= 4 is 18.8 Å². The van der Waals surface area contributed by atoms with Crippen LogP contribution in [-0.4, -0.2) is 25.9 Å².